The van der Waals surface area contributed by atoms with E-state index in [1.54, 1.807) is 24.3 Å². The second kappa shape index (κ2) is 7.78. The monoisotopic (exact) mass is 432 g/mol. The van der Waals surface area contributed by atoms with E-state index in [1.165, 1.54) is 0 Å². The Morgan fingerprint density at radius 3 is 2.72 bits per heavy atom. The third kappa shape index (κ3) is 3.41. The fourth-order valence-electron chi connectivity index (χ4n) is 4.67. The molecular formula is C24H24N4O4. The molecule has 1 aromatic heterocycles. The molecule has 1 saturated heterocycles. The molecule has 5 rings (SSSR count). The summed E-state index contributed by atoms with van der Waals surface area (Å²) in [6.07, 6.45) is 3.45. The number of hydrogen-bond acceptors (Lipinski definition) is 5. The van der Waals surface area contributed by atoms with E-state index < -0.39 is 17.5 Å². The molecule has 2 aromatic carbocycles. The number of fused-ring (bicyclic) bond motifs is 1. The number of anilines is 1. The zero-order valence-electron chi connectivity index (χ0n) is 17.8. The molecule has 2 unspecified atom stereocenters. The van der Waals surface area contributed by atoms with Crippen molar-refractivity contribution in [1.82, 2.24) is 15.2 Å². The Morgan fingerprint density at radius 1 is 1.19 bits per heavy atom. The normalized spacial score (nSPS) is 23.0. The van der Waals surface area contributed by atoms with Crippen molar-refractivity contribution in [3.63, 3.8) is 0 Å². The number of benzene rings is 2. The van der Waals surface area contributed by atoms with Crippen molar-refractivity contribution in [1.29, 1.82) is 0 Å². The summed E-state index contributed by atoms with van der Waals surface area (Å²) in [6.45, 7) is 1.67. The lowest BCUT2D eigenvalue weighted by atomic mass is 9.73. The number of carbonyl (C=O) groups is 3. The first-order valence-electron chi connectivity index (χ1n) is 10.9. The molecular weight excluding hydrogens is 408 g/mol. The van der Waals surface area contributed by atoms with Crippen LogP contribution >= 0.6 is 0 Å². The molecule has 2 fully saturated rings. The Labute approximate surface area is 185 Å². The Hall–Kier alpha value is -3.68. The molecule has 164 valence electrons. The van der Waals surface area contributed by atoms with Gasteiger partial charge in [-0.05, 0) is 55.2 Å². The van der Waals surface area contributed by atoms with Crippen LogP contribution in [0.25, 0.3) is 22.6 Å². The van der Waals surface area contributed by atoms with E-state index in [1.807, 2.05) is 31.2 Å². The lowest BCUT2D eigenvalue weighted by Crippen LogP contribution is -2.54. The largest absolute Gasteiger partial charge is 0.436 e. The van der Waals surface area contributed by atoms with Gasteiger partial charge in [-0.3, -0.25) is 14.5 Å². The SMILES string of the molecule is CC1CCCCC12NC(=O)N(CC(=O)Nc1ccc(-c3nc4ccccc4o3)cc1)C2=O. The minimum Gasteiger partial charge on any atom is -0.436 e. The van der Waals surface area contributed by atoms with E-state index in [4.69, 9.17) is 4.42 Å². The van der Waals surface area contributed by atoms with Crippen LogP contribution in [0.4, 0.5) is 10.5 Å². The van der Waals surface area contributed by atoms with Gasteiger partial charge in [-0.2, -0.15) is 0 Å². The second-order valence-electron chi connectivity index (χ2n) is 8.55. The molecule has 3 aromatic rings. The van der Waals surface area contributed by atoms with Crippen molar-refractivity contribution in [2.45, 2.75) is 38.1 Å². The van der Waals surface area contributed by atoms with Gasteiger partial charge >= 0.3 is 6.03 Å². The van der Waals surface area contributed by atoms with E-state index in [0.29, 0.717) is 23.6 Å². The summed E-state index contributed by atoms with van der Waals surface area (Å²) < 4.78 is 5.76. The maximum absolute atomic E-state index is 13.0. The maximum Gasteiger partial charge on any atom is 0.325 e. The number of nitrogens with zero attached hydrogens (tertiary/aromatic N) is 2. The van der Waals surface area contributed by atoms with Crippen molar-refractivity contribution in [2.75, 3.05) is 11.9 Å². The molecule has 8 nitrogen and oxygen atoms in total. The topological polar surface area (TPSA) is 105 Å². The van der Waals surface area contributed by atoms with Crippen molar-refractivity contribution in [2.24, 2.45) is 5.92 Å². The molecule has 2 heterocycles. The Kier molecular flexibility index (Phi) is 4.92. The van der Waals surface area contributed by atoms with Crippen molar-refractivity contribution < 1.29 is 18.8 Å². The molecule has 1 aliphatic carbocycles. The van der Waals surface area contributed by atoms with E-state index in [0.717, 1.165) is 35.2 Å². The number of carbonyl (C=O) groups excluding carboxylic acids is 3. The highest BCUT2D eigenvalue weighted by atomic mass is 16.3. The fraction of sp³-hybridized carbons (Fsp3) is 0.333. The smallest absolute Gasteiger partial charge is 0.325 e. The third-order valence-corrected chi connectivity index (χ3v) is 6.51. The predicted octanol–water partition coefficient (Wildman–Crippen LogP) is 3.93. The minimum atomic E-state index is -0.864. The number of urea groups is 1. The van der Waals surface area contributed by atoms with Crippen LogP contribution in [0.3, 0.4) is 0 Å². The highest BCUT2D eigenvalue weighted by Crippen LogP contribution is 2.38. The molecule has 4 amide bonds. The van der Waals surface area contributed by atoms with Gasteiger partial charge in [0.25, 0.3) is 5.91 Å². The summed E-state index contributed by atoms with van der Waals surface area (Å²) in [5, 5.41) is 5.62. The highest BCUT2D eigenvalue weighted by molar-refractivity contribution is 6.10. The van der Waals surface area contributed by atoms with Gasteiger partial charge in [0.05, 0.1) is 0 Å². The number of rotatable bonds is 4. The average Bonchev–Trinajstić information content (AvgIpc) is 3.32. The van der Waals surface area contributed by atoms with E-state index >= 15 is 0 Å². The van der Waals surface area contributed by atoms with Crippen LogP contribution in [0.1, 0.15) is 32.6 Å². The van der Waals surface area contributed by atoms with Gasteiger partial charge < -0.3 is 15.1 Å². The molecule has 0 radical (unpaired) electrons. The lowest BCUT2D eigenvalue weighted by molar-refractivity contribution is -0.136. The number of amides is 4. The second-order valence-corrected chi connectivity index (χ2v) is 8.55. The number of para-hydroxylation sites is 2. The van der Waals surface area contributed by atoms with E-state index in [2.05, 4.69) is 15.6 Å². The van der Waals surface area contributed by atoms with Gasteiger partial charge in [0, 0.05) is 11.3 Å². The van der Waals surface area contributed by atoms with Crippen LogP contribution in [0, 0.1) is 5.92 Å². The predicted molar refractivity (Wildman–Crippen MR) is 119 cm³/mol. The Balaban J connectivity index is 1.25. The first-order chi connectivity index (χ1) is 15.5. The fourth-order valence-corrected chi connectivity index (χ4v) is 4.67. The third-order valence-electron chi connectivity index (χ3n) is 6.51. The molecule has 32 heavy (non-hydrogen) atoms. The van der Waals surface area contributed by atoms with Crippen LogP contribution in [0.5, 0.6) is 0 Å². The van der Waals surface area contributed by atoms with Crippen molar-refractivity contribution in [3.05, 3.63) is 48.5 Å². The van der Waals surface area contributed by atoms with Gasteiger partial charge in [0.15, 0.2) is 5.58 Å². The molecule has 1 spiro atoms. The van der Waals surface area contributed by atoms with Crippen LogP contribution in [0.2, 0.25) is 0 Å². The molecule has 0 bridgehead atoms. The standard InChI is InChI=1S/C24H24N4O4/c1-15-6-4-5-13-24(15)22(30)28(23(31)27-24)14-20(29)25-17-11-9-16(10-12-17)21-26-18-7-2-3-8-19(18)32-21/h2-3,7-12,15H,4-6,13-14H2,1H3,(H,25,29)(H,27,31). The number of hydrogen-bond donors (Lipinski definition) is 2. The zero-order valence-corrected chi connectivity index (χ0v) is 17.8. The molecule has 8 heteroatoms. The van der Waals surface area contributed by atoms with E-state index in [9.17, 15) is 14.4 Å². The molecule has 1 aliphatic heterocycles. The average molecular weight is 432 g/mol. The number of imide groups is 1. The summed E-state index contributed by atoms with van der Waals surface area (Å²) in [7, 11) is 0. The van der Waals surface area contributed by atoms with Crippen molar-refractivity contribution >= 4 is 34.6 Å². The van der Waals surface area contributed by atoms with Crippen molar-refractivity contribution in [3.8, 4) is 11.5 Å². The van der Waals surface area contributed by atoms with Crippen LogP contribution < -0.4 is 10.6 Å². The Bertz CT molecular complexity index is 1170. The summed E-state index contributed by atoms with van der Waals surface area (Å²) in [5.41, 5.74) is 1.96. The maximum atomic E-state index is 13.0. The summed E-state index contributed by atoms with van der Waals surface area (Å²) in [5.74, 6) is -0.171. The van der Waals surface area contributed by atoms with E-state index in [-0.39, 0.29) is 18.4 Å². The number of nitrogens with one attached hydrogen (secondary N) is 2. The van der Waals surface area contributed by atoms with Gasteiger partial charge in [0.1, 0.15) is 17.6 Å². The number of oxazole rings is 1. The first kappa shape index (κ1) is 20.2. The molecule has 2 atom stereocenters. The van der Waals surface area contributed by atoms with Crippen LogP contribution in [-0.4, -0.2) is 39.8 Å². The first-order valence-corrected chi connectivity index (χ1v) is 10.9. The van der Waals surface area contributed by atoms with Gasteiger partial charge in [-0.1, -0.05) is 31.9 Å². The van der Waals surface area contributed by atoms with Gasteiger partial charge in [-0.25, -0.2) is 9.78 Å². The zero-order chi connectivity index (χ0) is 22.3. The van der Waals surface area contributed by atoms with Crippen LogP contribution in [-0.2, 0) is 9.59 Å². The van der Waals surface area contributed by atoms with Crippen LogP contribution in [0.15, 0.2) is 52.9 Å². The Morgan fingerprint density at radius 2 is 1.97 bits per heavy atom. The quantitative estimate of drug-likeness (QED) is 0.608. The lowest BCUT2D eigenvalue weighted by Gasteiger charge is -2.36. The summed E-state index contributed by atoms with van der Waals surface area (Å²) in [6, 6.07) is 14.1. The summed E-state index contributed by atoms with van der Waals surface area (Å²) >= 11 is 0. The van der Waals surface area contributed by atoms with Gasteiger partial charge in [0.2, 0.25) is 11.8 Å². The van der Waals surface area contributed by atoms with Gasteiger partial charge in [-0.15, -0.1) is 0 Å². The molecule has 2 N–H and O–H groups in total. The number of aromatic nitrogens is 1. The minimum absolute atomic E-state index is 0.0557. The molecule has 1 saturated carbocycles. The molecule has 2 aliphatic rings. The summed E-state index contributed by atoms with van der Waals surface area (Å²) in [4.78, 5) is 43.5. The highest BCUT2D eigenvalue weighted by Gasteiger charge is 2.55.